The van der Waals surface area contributed by atoms with Crippen molar-refractivity contribution >= 4 is 23.2 Å². The van der Waals surface area contributed by atoms with Crippen molar-refractivity contribution < 1.29 is 19.4 Å². The molecule has 0 saturated carbocycles. The Balaban J connectivity index is 1.69. The van der Waals surface area contributed by atoms with Crippen LogP contribution < -0.4 is 5.32 Å². The summed E-state index contributed by atoms with van der Waals surface area (Å²) in [7, 11) is 0. The molecule has 0 unspecified atom stereocenters. The molecule has 0 radical (unpaired) electrons. The summed E-state index contributed by atoms with van der Waals surface area (Å²) in [6.07, 6.45) is 0.586. The van der Waals surface area contributed by atoms with E-state index < -0.39 is 6.29 Å². The molecule has 6 heteroatoms. The third-order valence-corrected chi connectivity index (χ3v) is 3.92. The lowest BCUT2D eigenvalue weighted by Gasteiger charge is -2.24. The summed E-state index contributed by atoms with van der Waals surface area (Å²) in [5.74, 6) is -0.228. The molecule has 0 aliphatic carbocycles. The number of aromatic hydroxyl groups is 1. The molecule has 1 amide bonds. The number of hydrogen-bond donors (Lipinski definition) is 2. The van der Waals surface area contributed by atoms with Gasteiger partial charge >= 0.3 is 0 Å². The number of halogens is 1. The predicted molar refractivity (Wildman–Crippen MR) is 91.2 cm³/mol. The summed E-state index contributed by atoms with van der Waals surface area (Å²) in [6, 6.07) is 12.0. The molecule has 126 valence electrons. The molecule has 3 rings (SSSR count). The normalized spacial score (nSPS) is 15.2. The van der Waals surface area contributed by atoms with E-state index >= 15 is 0 Å². The minimum atomic E-state index is -0.466. The van der Waals surface area contributed by atoms with Gasteiger partial charge in [-0.25, -0.2) is 0 Å². The Morgan fingerprint density at radius 1 is 1.17 bits per heavy atom. The van der Waals surface area contributed by atoms with Gasteiger partial charge in [0.05, 0.1) is 25.3 Å². The first kappa shape index (κ1) is 16.8. The van der Waals surface area contributed by atoms with Crippen molar-refractivity contribution in [2.24, 2.45) is 0 Å². The van der Waals surface area contributed by atoms with Gasteiger partial charge < -0.3 is 19.9 Å². The molecule has 0 bridgehead atoms. The second-order valence-electron chi connectivity index (χ2n) is 5.56. The molecular formula is C18H18ClNO4. The van der Waals surface area contributed by atoms with E-state index in [0.29, 0.717) is 23.9 Å². The molecule has 0 aromatic heterocycles. The number of rotatable bonds is 4. The Bertz CT molecular complexity index is 711. The summed E-state index contributed by atoms with van der Waals surface area (Å²) in [4.78, 5) is 12.2. The Kier molecular flexibility index (Phi) is 5.35. The van der Waals surface area contributed by atoms with Crippen LogP contribution in [0.1, 0.15) is 23.8 Å². The molecule has 24 heavy (non-hydrogen) atoms. The quantitative estimate of drug-likeness (QED) is 0.828. The molecular weight excluding hydrogens is 330 g/mol. The van der Waals surface area contributed by atoms with Crippen molar-refractivity contribution in [1.29, 1.82) is 0 Å². The van der Waals surface area contributed by atoms with Crippen LogP contribution >= 0.6 is 11.6 Å². The number of phenols is 1. The van der Waals surface area contributed by atoms with Crippen molar-refractivity contribution in [3.8, 4) is 5.75 Å². The summed E-state index contributed by atoms with van der Waals surface area (Å²) in [5, 5.41) is 13.3. The van der Waals surface area contributed by atoms with Gasteiger partial charge in [-0.15, -0.1) is 0 Å². The highest BCUT2D eigenvalue weighted by atomic mass is 35.5. The van der Waals surface area contributed by atoms with Crippen LogP contribution in [0, 0.1) is 0 Å². The molecule has 2 aromatic rings. The van der Waals surface area contributed by atoms with Crippen LogP contribution in [-0.4, -0.2) is 24.2 Å². The van der Waals surface area contributed by atoms with Gasteiger partial charge in [0.15, 0.2) is 6.29 Å². The van der Waals surface area contributed by atoms with E-state index in [0.717, 1.165) is 17.5 Å². The minimum Gasteiger partial charge on any atom is -0.506 e. The van der Waals surface area contributed by atoms with E-state index in [1.165, 1.54) is 6.07 Å². The maximum Gasteiger partial charge on any atom is 0.228 e. The lowest BCUT2D eigenvalue weighted by Crippen LogP contribution is -2.18. The zero-order chi connectivity index (χ0) is 16.9. The molecule has 2 aromatic carbocycles. The molecule has 1 aliphatic heterocycles. The first-order valence-electron chi connectivity index (χ1n) is 7.72. The average Bonchev–Trinajstić information content (AvgIpc) is 2.60. The number of hydrogen-bond acceptors (Lipinski definition) is 4. The van der Waals surface area contributed by atoms with E-state index in [-0.39, 0.29) is 18.1 Å². The highest BCUT2D eigenvalue weighted by Gasteiger charge is 2.18. The van der Waals surface area contributed by atoms with E-state index in [2.05, 4.69) is 5.32 Å². The maximum absolute atomic E-state index is 12.2. The Morgan fingerprint density at radius 2 is 1.88 bits per heavy atom. The van der Waals surface area contributed by atoms with Gasteiger partial charge in [0.1, 0.15) is 5.75 Å². The van der Waals surface area contributed by atoms with Gasteiger partial charge in [-0.3, -0.25) is 4.79 Å². The van der Waals surface area contributed by atoms with Crippen LogP contribution in [0.3, 0.4) is 0 Å². The predicted octanol–water partition coefficient (Wildman–Crippen LogP) is 3.66. The summed E-state index contributed by atoms with van der Waals surface area (Å²) >= 11 is 5.83. The van der Waals surface area contributed by atoms with E-state index in [1.807, 2.05) is 0 Å². The molecule has 1 heterocycles. The fourth-order valence-electron chi connectivity index (χ4n) is 2.46. The van der Waals surface area contributed by atoms with E-state index in [9.17, 15) is 9.90 Å². The van der Waals surface area contributed by atoms with Crippen molar-refractivity contribution in [2.75, 3.05) is 18.5 Å². The second kappa shape index (κ2) is 7.66. The first-order valence-corrected chi connectivity index (χ1v) is 8.10. The van der Waals surface area contributed by atoms with Gasteiger partial charge in [-0.1, -0.05) is 29.8 Å². The molecule has 0 spiro atoms. The van der Waals surface area contributed by atoms with Crippen molar-refractivity contribution in [3.63, 3.8) is 0 Å². The molecule has 0 atom stereocenters. The Morgan fingerprint density at radius 3 is 2.58 bits per heavy atom. The maximum atomic E-state index is 12.2. The molecule has 2 N–H and O–H groups in total. The number of phenolic OH excluding ortho intramolecular Hbond substituents is 1. The number of carbonyl (C=O) groups excluding carboxylic acids is 1. The van der Waals surface area contributed by atoms with Gasteiger partial charge in [-0.05, 0) is 36.2 Å². The van der Waals surface area contributed by atoms with E-state index in [1.54, 1.807) is 36.4 Å². The molecule has 1 fully saturated rings. The second-order valence-corrected chi connectivity index (χ2v) is 5.99. The van der Waals surface area contributed by atoms with Gasteiger partial charge in [0.2, 0.25) is 5.91 Å². The average molecular weight is 348 g/mol. The largest absolute Gasteiger partial charge is 0.506 e. The lowest BCUT2D eigenvalue weighted by atomic mass is 10.1. The van der Waals surface area contributed by atoms with Crippen molar-refractivity contribution in [2.45, 2.75) is 19.1 Å². The van der Waals surface area contributed by atoms with Crippen LogP contribution in [-0.2, 0) is 20.7 Å². The van der Waals surface area contributed by atoms with Crippen LogP contribution in [0.15, 0.2) is 42.5 Å². The van der Waals surface area contributed by atoms with E-state index in [4.69, 9.17) is 21.1 Å². The van der Waals surface area contributed by atoms with Crippen LogP contribution in [0.25, 0.3) is 0 Å². The minimum absolute atomic E-state index is 0.000912. The summed E-state index contributed by atoms with van der Waals surface area (Å²) in [5.41, 5.74) is 1.94. The molecule has 1 saturated heterocycles. The Hall–Kier alpha value is -2.08. The number of ether oxygens (including phenoxy) is 2. The first-order chi connectivity index (χ1) is 11.6. The third-order valence-electron chi connectivity index (χ3n) is 3.67. The van der Waals surface area contributed by atoms with Crippen LogP contribution in [0.2, 0.25) is 5.02 Å². The monoisotopic (exact) mass is 347 g/mol. The molecule has 1 aliphatic rings. The summed E-state index contributed by atoms with van der Waals surface area (Å²) < 4.78 is 11.1. The number of amides is 1. The summed E-state index contributed by atoms with van der Waals surface area (Å²) in [6.45, 7) is 1.26. The number of nitrogens with one attached hydrogen (secondary N) is 1. The van der Waals surface area contributed by atoms with Gasteiger partial charge in [0, 0.05) is 10.6 Å². The van der Waals surface area contributed by atoms with Crippen molar-refractivity contribution in [1.82, 2.24) is 0 Å². The SMILES string of the molecule is O=C(Cc1ccc(Cl)cc1)Nc1cc(C2OCCCO2)ccc1O. The number of benzene rings is 2. The highest BCUT2D eigenvalue weighted by Crippen LogP contribution is 2.30. The number of carbonyl (C=O) groups is 1. The zero-order valence-corrected chi connectivity index (χ0v) is 13.8. The number of anilines is 1. The van der Waals surface area contributed by atoms with Crippen molar-refractivity contribution in [3.05, 3.63) is 58.6 Å². The van der Waals surface area contributed by atoms with Crippen LogP contribution in [0.4, 0.5) is 5.69 Å². The standard InChI is InChI=1S/C18H18ClNO4/c19-14-5-2-12(3-6-14)10-17(22)20-15-11-13(4-7-16(15)21)18-23-8-1-9-24-18/h2-7,11,18,21H,1,8-10H2,(H,20,22). The fourth-order valence-corrected chi connectivity index (χ4v) is 2.59. The van der Waals surface area contributed by atoms with Gasteiger partial charge in [0.25, 0.3) is 0 Å². The van der Waals surface area contributed by atoms with Gasteiger partial charge in [-0.2, -0.15) is 0 Å². The highest BCUT2D eigenvalue weighted by molar-refractivity contribution is 6.30. The topological polar surface area (TPSA) is 67.8 Å². The Labute approximate surface area is 145 Å². The smallest absolute Gasteiger partial charge is 0.228 e. The zero-order valence-electron chi connectivity index (χ0n) is 13.0. The van der Waals surface area contributed by atoms with Crippen LogP contribution in [0.5, 0.6) is 5.75 Å². The fraction of sp³-hybridized carbons (Fsp3) is 0.278. The lowest BCUT2D eigenvalue weighted by molar-refractivity contribution is -0.183. The third kappa shape index (κ3) is 4.26. The molecule has 5 nitrogen and oxygen atoms in total.